The Morgan fingerprint density at radius 2 is 1.04 bits per heavy atom. The van der Waals surface area contributed by atoms with Crippen LogP contribution in [-0.2, 0) is 0 Å². The number of benzene rings is 7. The summed E-state index contributed by atoms with van der Waals surface area (Å²) in [5, 5.41) is 8.23. The van der Waals surface area contributed by atoms with Crippen LogP contribution in [-0.4, -0.2) is 12.6 Å². The lowest BCUT2D eigenvalue weighted by molar-refractivity contribution is 0.487. The second-order valence-electron chi connectivity index (χ2n) is 12.0. The molecule has 0 saturated carbocycles. The summed E-state index contributed by atoms with van der Waals surface area (Å²) in [6, 6.07) is 58.8. The largest absolute Gasteiger partial charge is 0.457 e. The van der Waals surface area contributed by atoms with Crippen LogP contribution in [0.4, 0.5) is 0 Å². The van der Waals surface area contributed by atoms with Crippen LogP contribution in [0.2, 0.25) is 5.02 Å². The minimum absolute atomic E-state index is 0.668. The molecule has 0 N–H and O–H groups in total. The standard InChI is InChI=1S/C42H27BrClNOSi/c43-30-17-24-34(25-18-30)47(41-12-6-5-11-39(41)46-40-27-31(44)19-26-42(40)47)33-22-15-29(16-23-33)28-13-20-32(21-14-28)45-37-9-3-1-7-35(37)36-8-2-4-10-38(36)45/h1-27H. The summed E-state index contributed by atoms with van der Waals surface area (Å²) in [6.45, 7) is 0. The Kier molecular flexibility index (Phi) is 6.72. The van der Waals surface area contributed by atoms with Crippen LogP contribution in [0.1, 0.15) is 0 Å². The lowest BCUT2D eigenvalue weighted by Crippen LogP contribution is -2.76. The van der Waals surface area contributed by atoms with Gasteiger partial charge in [0, 0.05) is 26.0 Å². The molecule has 2 nitrogen and oxygen atoms in total. The molecular formula is C42H27BrClNOSi. The molecule has 1 unspecified atom stereocenters. The predicted molar refractivity (Wildman–Crippen MR) is 203 cm³/mol. The fourth-order valence-electron chi connectivity index (χ4n) is 7.42. The maximum Gasteiger partial charge on any atom is 0.188 e. The number of ether oxygens (including phenoxy) is 1. The molecule has 7 aromatic carbocycles. The van der Waals surface area contributed by atoms with Crippen LogP contribution in [0.15, 0.2) is 168 Å². The highest BCUT2D eigenvalue weighted by Crippen LogP contribution is 2.34. The molecule has 1 aromatic heterocycles. The van der Waals surface area contributed by atoms with Gasteiger partial charge < -0.3 is 9.30 Å². The number of para-hydroxylation sites is 3. The quantitative estimate of drug-likeness (QED) is 0.167. The van der Waals surface area contributed by atoms with Crippen molar-refractivity contribution in [1.29, 1.82) is 0 Å². The third-order valence-electron chi connectivity index (χ3n) is 9.49. The van der Waals surface area contributed by atoms with Crippen molar-refractivity contribution in [1.82, 2.24) is 4.57 Å². The van der Waals surface area contributed by atoms with Gasteiger partial charge in [0.15, 0.2) is 8.07 Å². The van der Waals surface area contributed by atoms with E-state index < -0.39 is 8.07 Å². The SMILES string of the molecule is Clc1ccc2c(c1)Oc1ccccc1[Si]2(c1ccc(Br)cc1)c1ccc(-c2ccc(-n3c4ccccc4c4ccccc43)cc2)cc1. The number of nitrogens with zero attached hydrogens (tertiary/aromatic N) is 1. The van der Waals surface area contributed by atoms with E-state index in [1.807, 2.05) is 18.2 Å². The Bertz CT molecular complexity index is 2400. The number of fused-ring (bicyclic) bond motifs is 5. The van der Waals surface area contributed by atoms with E-state index in [0.717, 1.165) is 21.7 Å². The van der Waals surface area contributed by atoms with Gasteiger partial charge in [-0.3, -0.25) is 0 Å². The number of hydrogen-bond acceptors (Lipinski definition) is 1. The lowest BCUT2D eigenvalue weighted by atomic mass is 10.1. The number of hydrogen-bond donors (Lipinski definition) is 0. The van der Waals surface area contributed by atoms with Gasteiger partial charge in [-0.05, 0) is 86.5 Å². The molecule has 1 aliphatic rings. The van der Waals surface area contributed by atoms with E-state index in [-0.39, 0.29) is 0 Å². The summed E-state index contributed by atoms with van der Waals surface area (Å²) < 4.78 is 9.92. The molecule has 9 rings (SSSR count). The zero-order chi connectivity index (χ0) is 31.5. The van der Waals surface area contributed by atoms with E-state index in [9.17, 15) is 0 Å². The molecule has 0 fully saturated rings. The maximum atomic E-state index is 6.53. The number of aromatic nitrogens is 1. The maximum absolute atomic E-state index is 6.53. The van der Waals surface area contributed by atoms with Crippen molar-refractivity contribution in [2.24, 2.45) is 0 Å². The highest BCUT2D eigenvalue weighted by Gasteiger charge is 2.48. The Hall–Kier alpha value is -4.87. The molecule has 0 saturated heterocycles. The summed E-state index contributed by atoms with van der Waals surface area (Å²) >= 11 is 10.2. The van der Waals surface area contributed by atoms with Crippen LogP contribution >= 0.6 is 27.5 Å². The summed E-state index contributed by atoms with van der Waals surface area (Å²) in [5.41, 5.74) is 5.94. The van der Waals surface area contributed by atoms with Crippen molar-refractivity contribution in [2.45, 2.75) is 0 Å². The zero-order valence-corrected chi connectivity index (χ0v) is 28.5. The Balaban J connectivity index is 1.17. The average molecular weight is 705 g/mol. The van der Waals surface area contributed by atoms with Crippen molar-refractivity contribution in [3.8, 4) is 28.3 Å². The molecule has 1 aliphatic heterocycles. The van der Waals surface area contributed by atoms with Gasteiger partial charge in [0.2, 0.25) is 0 Å². The average Bonchev–Trinajstić information content (AvgIpc) is 3.46. The second kappa shape index (κ2) is 11.1. The molecule has 2 heterocycles. The smallest absolute Gasteiger partial charge is 0.188 e. The Morgan fingerprint density at radius 3 is 1.70 bits per heavy atom. The third-order valence-corrected chi connectivity index (χ3v) is 15.1. The Morgan fingerprint density at radius 1 is 0.511 bits per heavy atom. The topological polar surface area (TPSA) is 14.2 Å². The van der Waals surface area contributed by atoms with E-state index in [1.165, 1.54) is 53.7 Å². The lowest BCUT2D eigenvalue weighted by Gasteiger charge is -2.39. The van der Waals surface area contributed by atoms with Gasteiger partial charge >= 0.3 is 0 Å². The minimum Gasteiger partial charge on any atom is -0.457 e. The first-order chi connectivity index (χ1) is 23.1. The first-order valence-corrected chi connectivity index (χ1v) is 18.8. The fourth-order valence-corrected chi connectivity index (χ4v) is 12.7. The van der Waals surface area contributed by atoms with Crippen LogP contribution < -0.4 is 25.5 Å². The van der Waals surface area contributed by atoms with E-state index in [0.29, 0.717) is 5.02 Å². The normalized spacial score (nSPS) is 15.3. The van der Waals surface area contributed by atoms with Gasteiger partial charge in [0.25, 0.3) is 0 Å². The van der Waals surface area contributed by atoms with Crippen molar-refractivity contribution >= 4 is 78.2 Å². The van der Waals surface area contributed by atoms with Crippen LogP contribution in [0.25, 0.3) is 38.6 Å². The van der Waals surface area contributed by atoms with Gasteiger partial charge in [-0.2, -0.15) is 0 Å². The van der Waals surface area contributed by atoms with Crippen molar-refractivity contribution in [3.63, 3.8) is 0 Å². The summed E-state index contributed by atoms with van der Waals surface area (Å²) in [4.78, 5) is 0. The van der Waals surface area contributed by atoms with Crippen molar-refractivity contribution in [3.05, 3.63) is 173 Å². The van der Waals surface area contributed by atoms with Crippen LogP contribution in [0, 0.1) is 0 Å². The van der Waals surface area contributed by atoms with E-state index in [4.69, 9.17) is 16.3 Å². The molecule has 0 bridgehead atoms. The summed E-state index contributed by atoms with van der Waals surface area (Å²) in [7, 11) is -2.75. The zero-order valence-electron chi connectivity index (χ0n) is 25.2. The first kappa shape index (κ1) is 28.4. The van der Waals surface area contributed by atoms with Gasteiger partial charge in [-0.1, -0.05) is 137 Å². The second-order valence-corrected chi connectivity index (χ2v) is 17.1. The highest BCUT2D eigenvalue weighted by molar-refractivity contribution is 9.10. The molecule has 0 amide bonds. The fraction of sp³-hybridized carbons (Fsp3) is 0. The first-order valence-electron chi connectivity index (χ1n) is 15.6. The van der Waals surface area contributed by atoms with Crippen molar-refractivity contribution < 1.29 is 4.74 Å². The van der Waals surface area contributed by atoms with Gasteiger partial charge in [0.05, 0.1) is 11.0 Å². The Labute approximate surface area is 287 Å². The van der Waals surface area contributed by atoms with Gasteiger partial charge in [-0.25, -0.2) is 0 Å². The van der Waals surface area contributed by atoms with Crippen LogP contribution in [0.5, 0.6) is 11.5 Å². The number of rotatable bonds is 4. The highest BCUT2D eigenvalue weighted by atomic mass is 79.9. The van der Waals surface area contributed by atoms with E-state index >= 15 is 0 Å². The molecule has 224 valence electrons. The van der Waals surface area contributed by atoms with Gasteiger partial charge in [0.1, 0.15) is 11.5 Å². The molecule has 47 heavy (non-hydrogen) atoms. The van der Waals surface area contributed by atoms with Crippen LogP contribution in [0.3, 0.4) is 0 Å². The minimum atomic E-state index is -2.75. The molecule has 0 aliphatic carbocycles. The number of halogens is 2. The summed E-state index contributed by atoms with van der Waals surface area (Å²) in [5.74, 6) is 1.72. The summed E-state index contributed by atoms with van der Waals surface area (Å²) in [6.07, 6.45) is 0. The predicted octanol–water partition coefficient (Wildman–Crippen LogP) is 9.35. The molecular weight excluding hydrogens is 678 g/mol. The van der Waals surface area contributed by atoms with E-state index in [2.05, 4.69) is 166 Å². The third kappa shape index (κ3) is 4.44. The van der Waals surface area contributed by atoms with Crippen molar-refractivity contribution in [2.75, 3.05) is 0 Å². The van der Waals surface area contributed by atoms with Gasteiger partial charge in [-0.15, -0.1) is 0 Å². The molecule has 0 spiro atoms. The van der Waals surface area contributed by atoms with E-state index in [1.54, 1.807) is 0 Å². The molecule has 1 atom stereocenters. The molecule has 8 aromatic rings. The monoisotopic (exact) mass is 703 g/mol. The molecule has 0 radical (unpaired) electrons. The molecule has 5 heteroatoms.